The molecule has 0 aliphatic heterocycles. The Morgan fingerprint density at radius 1 is 1.05 bits per heavy atom. The van der Waals surface area contributed by atoms with Crippen molar-refractivity contribution in [1.29, 1.82) is 0 Å². The number of carbonyl (C=O) groups excluding carboxylic acids is 1. The van der Waals surface area contributed by atoms with Crippen LogP contribution in [0.15, 0.2) is 59.0 Å². The molecule has 0 fully saturated rings. The van der Waals surface area contributed by atoms with Crippen LogP contribution in [-0.2, 0) is 10.0 Å². The van der Waals surface area contributed by atoms with Crippen LogP contribution >= 0.6 is 0 Å². The maximum Gasteiger partial charge on any atom is 0.335 e. The molecular formula is C26H22F2N2O6S. The number of fused-ring (bicyclic) bond motifs is 1. The number of nitrogens with zero attached hydrogens (tertiary/aromatic N) is 1. The Hall–Kier alpha value is -4.25. The average molecular weight is 529 g/mol. The van der Waals surface area contributed by atoms with Crippen molar-refractivity contribution in [3.8, 4) is 22.5 Å². The Balaban J connectivity index is 2.17. The molecule has 37 heavy (non-hydrogen) atoms. The summed E-state index contributed by atoms with van der Waals surface area (Å²) in [5.74, 6) is -3.49. The van der Waals surface area contributed by atoms with Gasteiger partial charge in [-0.15, -0.1) is 0 Å². The van der Waals surface area contributed by atoms with Crippen LogP contribution in [-0.4, -0.2) is 45.2 Å². The molecule has 0 saturated carbocycles. The van der Waals surface area contributed by atoms with Crippen LogP contribution in [0.5, 0.6) is 0 Å². The van der Waals surface area contributed by atoms with E-state index in [2.05, 4.69) is 5.32 Å². The van der Waals surface area contributed by atoms with E-state index in [0.717, 1.165) is 22.7 Å². The first kappa shape index (κ1) is 25.8. The largest absolute Gasteiger partial charge is 0.478 e. The summed E-state index contributed by atoms with van der Waals surface area (Å²) in [6.07, 6.45) is 0.956. The lowest BCUT2D eigenvalue weighted by Crippen LogP contribution is -2.30. The molecule has 0 bridgehead atoms. The SMILES string of the molecule is CCN(c1cc2oc(-c3ccc(F)cc3)c(C(=O)NC)c2c(F)c1-c1cccc(C(=O)O)c1)S(C)(=O)=O. The van der Waals surface area contributed by atoms with Gasteiger partial charge in [0.15, 0.2) is 0 Å². The lowest BCUT2D eigenvalue weighted by Gasteiger charge is -2.24. The number of hydrogen-bond acceptors (Lipinski definition) is 5. The third kappa shape index (κ3) is 4.65. The van der Waals surface area contributed by atoms with Crippen LogP contribution < -0.4 is 9.62 Å². The predicted octanol–water partition coefficient (Wildman–Crippen LogP) is 4.89. The van der Waals surface area contributed by atoms with Crippen LogP contribution in [0.4, 0.5) is 14.5 Å². The number of rotatable bonds is 7. The monoisotopic (exact) mass is 528 g/mol. The van der Waals surface area contributed by atoms with Crippen molar-refractivity contribution in [1.82, 2.24) is 5.32 Å². The lowest BCUT2D eigenvalue weighted by molar-refractivity contribution is 0.0696. The average Bonchev–Trinajstić information content (AvgIpc) is 3.23. The molecule has 8 nitrogen and oxygen atoms in total. The molecule has 0 aliphatic rings. The molecule has 1 aromatic heterocycles. The lowest BCUT2D eigenvalue weighted by atomic mass is 9.96. The summed E-state index contributed by atoms with van der Waals surface area (Å²) in [7, 11) is -2.56. The summed E-state index contributed by atoms with van der Waals surface area (Å²) in [4.78, 5) is 24.5. The smallest absolute Gasteiger partial charge is 0.335 e. The van der Waals surface area contributed by atoms with Crippen molar-refractivity contribution < 1.29 is 36.3 Å². The Labute approximate surface area is 211 Å². The maximum atomic E-state index is 16.5. The van der Waals surface area contributed by atoms with Gasteiger partial charge in [-0.05, 0) is 48.9 Å². The zero-order valence-electron chi connectivity index (χ0n) is 20.0. The number of carboxylic acids is 1. The van der Waals surface area contributed by atoms with Gasteiger partial charge in [-0.3, -0.25) is 9.10 Å². The van der Waals surface area contributed by atoms with E-state index in [0.29, 0.717) is 5.56 Å². The number of halogens is 2. The number of nitrogens with one attached hydrogen (secondary N) is 1. The van der Waals surface area contributed by atoms with Gasteiger partial charge in [0.1, 0.15) is 23.0 Å². The van der Waals surface area contributed by atoms with Crippen LogP contribution in [0.1, 0.15) is 27.6 Å². The van der Waals surface area contributed by atoms with Gasteiger partial charge in [0.2, 0.25) is 10.0 Å². The van der Waals surface area contributed by atoms with Crippen molar-refractivity contribution in [2.75, 3.05) is 24.2 Å². The van der Waals surface area contributed by atoms with Gasteiger partial charge < -0.3 is 14.8 Å². The number of hydrogen-bond donors (Lipinski definition) is 2. The van der Waals surface area contributed by atoms with Gasteiger partial charge in [0.25, 0.3) is 5.91 Å². The highest BCUT2D eigenvalue weighted by atomic mass is 32.2. The number of carboxylic acid groups (broad SMARTS) is 1. The summed E-state index contributed by atoms with van der Waals surface area (Å²) >= 11 is 0. The minimum atomic E-state index is -3.90. The first-order valence-electron chi connectivity index (χ1n) is 11.1. The topological polar surface area (TPSA) is 117 Å². The number of furan rings is 1. The van der Waals surface area contributed by atoms with E-state index in [9.17, 15) is 27.5 Å². The third-order valence-electron chi connectivity index (χ3n) is 5.81. The molecule has 0 atom stereocenters. The van der Waals surface area contributed by atoms with Gasteiger partial charge in [-0.2, -0.15) is 0 Å². The molecule has 0 aliphatic carbocycles. The molecule has 0 saturated heterocycles. The molecule has 0 radical (unpaired) electrons. The van der Waals surface area contributed by atoms with Crippen molar-refractivity contribution in [3.63, 3.8) is 0 Å². The Morgan fingerprint density at radius 2 is 1.73 bits per heavy atom. The zero-order chi connectivity index (χ0) is 27.1. The summed E-state index contributed by atoms with van der Waals surface area (Å²) in [6.45, 7) is 1.49. The van der Waals surface area contributed by atoms with Gasteiger partial charge in [-0.25, -0.2) is 22.0 Å². The van der Waals surface area contributed by atoms with Crippen LogP contribution in [0.3, 0.4) is 0 Å². The minimum Gasteiger partial charge on any atom is -0.478 e. The summed E-state index contributed by atoms with van der Waals surface area (Å²) in [5.41, 5.74) is -0.376. The highest BCUT2D eigenvalue weighted by Gasteiger charge is 2.31. The minimum absolute atomic E-state index is 0.0435. The van der Waals surface area contributed by atoms with Crippen molar-refractivity contribution in [2.45, 2.75) is 6.92 Å². The van der Waals surface area contributed by atoms with Gasteiger partial charge in [0, 0.05) is 30.8 Å². The third-order valence-corrected chi connectivity index (χ3v) is 7.07. The highest BCUT2D eigenvalue weighted by molar-refractivity contribution is 7.92. The fraction of sp³-hybridized carbons (Fsp3) is 0.154. The van der Waals surface area contributed by atoms with E-state index >= 15 is 4.39 Å². The van der Waals surface area contributed by atoms with Gasteiger partial charge >= 0.3 is 5.97 Å². The second kappa shape index (κ2) is 9.66. The van der Waals surface area contributed by atoms with Crippen LogP contribution in [0.2, 0.25) is 0 Å². The Kier molecular flexibility index (Phi) is 6.74. The molecule has 0 spiro atoms. The second-order valence-corrected chi connectivity index (χ2v) is 10.1. The summed E-state index contributed by atoms with van der Waals surface area (Å²) in [5, 5.41) is 11.7. The molecule has 3 aromatic carbocycles. The standard InChI is InChI=1S/C26H22F2N2O6S/c1-4-30(37(3,34)35)18-13-19-21(23(28)20(18)15-6-5-7-16(12-15)26(32)33)22(25(31)29-2)24(36-19)14-8-10-17(27)11-9-14/h5-13H,4H2,1-3H3,(H,29,31)(H,32,33). The van der Waals surface area contributed by atoms with Crippen molar-refractivity contribution >= 4 is 38.6 Å². The summed E-state index contributed by atoms with van der Waals surface area (Å²) < 4.78 is 62.2. The molecule has 11 heteroatoms. The fourth-order valence-electron chi connectivity index (χ4n) is 4.21. The normalized spacial score (nSPS) is 11.5. The van der Waals surface area contributed by atoms with E-state index in [1.807, 2.05) is 0 Å². The maximum absolute atomic E-state index is 16.5. The first-order valence-corrected chi connectivity index (χ1v) is 12.9. The number of sulfonamides is 1. The van der Waals surface area contributed by atoms with Crippen LogP contribution in [0.25, 0.3) is 33.4 Å². The molecule has 192 valence electrons. The van der Waals surface area contributed by atoms with Crippen LogP contribution in [0, 0.1) is 11.6 Å². The van der Waals surface area contributed by atoms with E-state index in [4.69, 9.17) is 4.42 Å². The quantitative estimate of drug-likeness (QED) is 0.353. The van der Waals surface area contributed by atoms with Gasteiger partial charge in [0.05, 0.1) is 28.5 Å². The van der Waals surface area contributed by atoms with E-state index in [1.54, 1.807) is 6.92 Å². The van der Waals surface area contributed by atoms with Gasteiger partial charge in [-0.1, -0.05) is 12.1 Å². The molecule has 1 amide bonds. The molecule has 4 rings (SSSR count). The number of amides is 1. The molecule has 1 heterocycles. The number of carbonyl (C=O) groups is 2. The molecule has 2 N–H and O–H groups in total. The van der Waals surface area contributed by atoms with E-state index < -0.39 is 33.5 Å². The first-order chi connectivity index (χ1) is 17.5. The fourth-order valence-corrected chi connectivity index (χ4v) is 5.18. The van der Waals surface area contributed by atoms with E-state index in [1.165, 1.54) is 49.5 Å². The predicted molar refractivity (Wildman–Crippen MR) is 135 cm³/mol. The number of anilines is 1. The van der Waals surface area contributed by atoms with Crippen molar-refractivity contribution in [3.05, 3.63) is 77.4 Å². The van der Waals surface area contributed by atoms with Crippen molar-refractivity contribution in [2.24, 2.45) is 0 Å². The Morgan fingerprint density at radius 3 is 2.30 bits per heavy atom. The second-order valence-electron chi connectivity index (χ2n) is 8.16. The number of aromatic carboxylic acids is 1. The zero-order valence-corrected chi connectivity index (χ0v) is 20.8. The number of benzene rings is 3. The highest BCUT2D eigenvalue weighted by Crippen LogP contribution is 2.44. The Bertz CT molecular complexity index is 1650. The molecule has 0 unspecified atom stereocenters. The molecule has 4 aromatic rings. The molecular weight excluding hydrogens is 506 g/mol. The van der Waals surface area contributed by atoms with E-state index in [-0.39, 0.29) is 51.2 Å². The summed E-state index contributed by atoms with van der Waals surface area (Å²) in [6, 6.07) is 11.7.